The molecule has 0 aromatic heterocycles. The van der Waals surface area contributed by atoms with Crippen molar-refractivity contribution < 1.29 is 42.6 Å². The molecule has 0 spiro atoms. The second kappa shape index (κ2) is 14.6. The Morgan fingerprint density at radius 2 is 0.571 bits per heavy atom. The van der Waals surface area contributed by atoms with E-state index in [1.165, 1.54) is 22.3 Å². The fraction of sp³-hybridized carbons (Fsp3) is 0.436. The molecule has 0 N–H and O–H groups in total. The number of aryl methyl sites for hydroxylation is 3. The maximum absolute atomic E-state index is 6.41. The van der Waals surface area contributed by atoms with Crippen LogP contribution in [0.25, 0.3) is 0 Å². The normalized spacial score (nSPS) is 13.5. The molecule has 0 saturated heterocycles. The maximum atomic E-state index is 6.41. The number of rotatable bonds is 13. The predicted molar refractivity (Wildman–Crippen MR) is 198 cm³/mol. The first-order valence-corrected chi connectivity index (χ1v) is 18.2. The number of benzene rings is 3. The van der Waals surface area contributed by atoms with Gasteiger partial charge >= 0.3 is 0 Å². The van der Waals surface area contributed by atoms with E-state index in [4.69, 9.17) is 42.6 Å². The Labute approximate surface area is 292 Å². The van der Waals surface area contributed by atoms with Gasteiger partial charge in [-0.1, -0.05) is 29.3 Å². The number of hydrogen-bond acceptors (Lipinski definition) is 9. The highest BCUT2D eigenvalue weighted by molar-refractivity contribution is 7.14. The highest BCUT2D eigenvalue weighted by atomic mass is 28.3. The molecule has 1 aliphatic rings. The summed E-state index contributed by atoms with van der Waals surface area (Å²) in [4.78, 5) is 0. The quantitative estimate of drug-likeness (QED) is 0.153. The molecule has 0 radical (unpaired) electrons. The molecule has 9 nitrogen and oxygen atoms in total. The van der Waals surface area contributed by atoms with Gasteiger partial charge in [0, 0.05) is 5.54 Å². The molecule has 0 aliphatic heterocycles. The summed E-state index contributed by atoms with van der Waals surface area (Å²) in [7, 11) is 11.2. The van der Waals surface area contributed by atoms with Crippen molar-refractivity contribution in [1.29, 1.82) is 0 Å². The molecule has 0 unspecified atom stereocenters. The van der Waals surface area contributed by atoms with Crippen LogP contribution in [0, 0.1) is 20.8 Å². The first-order valence-electron chi connectivity index (χ1n) is 16.1. The van der Waals surface area contributed by atoms with E-state index in [0.717, 1.165) is 32.3 Å². The van der Waals surface area contributed by atoms with Gasteiger partial charge in [0.2, 0.25) is 17.2 Å². The Morgan fingerprint density at radius 3 is 0.776 bits per heavy atom. The number of allylic oxidation sites excluding steroid dienone is 4. The van der Waals surface area contributed by atoms with Crippen molar-refractivity contribution in [3.63, 3.8) is 0 Å². The van der Waals surface area contributed by atoms with Crippen LogP contribution < -0.4 is 58.2 Å². The van der Waals surface area contributed by atoms with E-state index in [1.54, 1.807) is 64.0 Å². The average Bonchev–Trinajstić information content (AvgIpc) is 3.29. The minimum absolute atomic E-state index is 0.142. The Kier molecular flexibility index (Phi) is 11.1. The second-order valence-electron chi connectivity index (χ2n) is 12.4. The molecule has 10 heteroatoms. The SMILES string of the molecule is COc1c(C)cc([Si](c2cc(C)c(OC)c(OC)c2OC)(c2cc(C)c(OC)c(OC)c2OC)C2C(C)=C(C)C(C)=C2C)c(OC)c1OC. The van der Waals surface area contributed by atoms with E-state index in [1.807, 2.05) is 20.8 Å². The minimum Gasteiger partial charge on any atom is -0.493 e. The summed E-state index contributed by atoms with van der Waals surface area (Å²) < 4.78 is 55.4. The smallest absolute Gasteiger partial charge is 0.203 e. The Balaban J connectivity index is 2.57. The summed E-state index contributed by atoms with van der Waals surface area (Å²) in [5.41, 5.74) is 7.46. The lowest BCUT2D eigenvalue weighted by molar-refractivity contribution is 0.323. The van der Waals surface area contributed by atoms with Crippen molar-refractivity contribution >= 4 is 23.6 Å². The number of ether oxygens (including phenoxy) is 9. The van der Waals surface area contributed by atoms with E-state index in [2.05, 4.69) is 45.9 Å². The predicted octanol–water partition coefficient (Wildman–Crippen LogP) is 6.22. The monoisotopic (exact) mass is 692 g/mol. The molecule has 49 heavy (non-hydrogen) atoms. The van der Waals surface area contributed by atoms with Crippen LogP contribution in [0.2, 0.25) is 5.54 Å². The van der Waals surface area contributed by atoms with Crippen LogP contribution in [0.1, 0.15) is 44.4 Å². The van der Waals surface area contributed by atoms with Crippen LogP contribution in [0.3, 0.4) is 0 Å². The van der Waals surface area contributed by atoms with E-state index < -0.39 is 8.07 Å². The topological polar surface area (TPSA) is 83.1 Å². The third-order valence-electron chi connectivity index (χ3n) is 10.3. The van der Waals surface area contributed by atoms with Crippen molar-refractivity contribution in [1.82, 2.24) is 0 Å². The molecule has 3 aromatic carbocycles. The summed E-state index contributed by atoms with van der Waals surface area (Å²) in [5, 5.41) is 2.81. The zero-order valence-electron chi connectivity index (χ0n) is 32.0. The third-order valence-corrected chi connectivity index (χ3v) is 15.7. The van der Waals surface area contributed by atoms with Crippen LogP contribution in [-0.4, -0.2) is 72.1 Å². The summed E-state index contributed by atoms with van der Waals surface area (Å²) in [6, 6.07) is 6.52. The van der Waals surface area contributed by atoms with Crippen LogP contribution in [-0.2, 0) is 0 Å². The van der Waals surface area contributed by atoms with E-state index in [0.29, 0.717) is 51.7 Å². The molecule has 0 bridgehead atoms. The third kappa shape index (κ3) is 5.44. The van der Waals surface area contributed by atoms with Crippen molar-refractivity contribution in [2.75, 3.05) is 64.0 Å². The first-order chi connectivity index (χ1) is 23.4. The van der Waals surface area contributed by atoms with Gasteiger partial charge in [0.05, 0.1) is 64.0 Å². The first kappa shape index (κ1) is 37.4. The summed E-state index contributed by atoms with van der Waals surface area (Å²) in [5.74, 6) is 4.95. The van der Waals surface area contributed by atoms with Gasteiger partial charge in [0.1, 0.15) is 0 Å². The average molecular weight is 693 g/mol. The number of methoxy groups -OCH3 is 9. The maximum Gasteiger partial charge on any atom is 0.203 e. The molecule has 0 amide bonds. The van der Waals surface area contributed by atoms with Crippen LogP contribution in [0.15, 0.2) is 40.5 Å². The molecule has 0 fully saturated rings. The van der Waals surface area contributed by atoms with E-state index in [9.17, 15) is 0 Å². The largest absolute Gasteiger partial charge is 0.493 e. The van der Waals surface area contributed by atoms with E-state index in [-0.39, 0.29) is 5.54 Å². The summed E-state index contributed by atoms with van der Waals surface area (Å²) in [6.07, 6.45) is 0. The van der Waals surface area contributed by atoms with Gasteiger partial charge in [-0.3, -0.25) is 0 Å². The lowest BCUT2D eigenvalue weighted by Crippen LogP contribution is -2.71. The van der Waals surface area contributed by atoms with Crippen molar-refractivity contribution in [3.8, 4) is 51.7 Å². The highest BCUT2D eigenvalue weighted by Gasteiger charge is 2.57. The lowest BCUT2D eigenvalue weighted by atomic mass is 10.1. The molecule has 4 rings (SSSR count). The van der Waals surface area contributed by atoms with Crippen molar-refractivity contribution in [2.24, 2.45) is 0 Å². The highest BCUT2D eigenvalue weighted by Crippen LogP contribution is 2.53. The number of hydrogen-bond donors (Lipinski definition) is 0. The summed E-state index contributed by atoms with van der Waals surface area (Å²) >= 11 is 0. The van der Waals surface area contributed by atoms with Gasteiger partial charge in [0.15, 0.2) is 42.6 Å². The Morgan fingerprint density at radius 1 is 0.347 bits per heavy atom. The van der Waals surface area contributed by atoms with Gasteiger partial charge in [-0.05, 0) is 91.9 Å². The van der Waals surface area contributed by atoms with Crippen LogP contribution >= 0.6 is 0 Å². The lowest BCUT2D eigenvalue weighted by Gasteiger charge is -2.43. The van der Waals surface area contributed by atoms with Crippen molar-refractivity contribution in [2.45, 2.75) is 54.0 Å². The molecule has 0 saturated carbocycles. The second-order valence-corrected chi connectivity index (χ2v) is 16.2. The Bertz CT molecular complexity index is 1630. The molecule has 3 aromatic rings. The molecule has 1 aliphatic carbocycles. The zero-order valence-corrected chi connectivity index (χ0v) is 33.0. The minimum atomic E-state index is -3.64. The van der Waals surface area contributed by atoms with Crippen LogP contribution in [0.5, 0.6) is 51.7 Å². The van der Waals surface area contributed by atoms with Gasteiger partial charge in [0.25, 0.3) is 0 Å². The van der Waals surface area contributed by atoms with Gasteiger partial charge < -0.3 is 42.6 Å². The summed E-state index contributed by atoms with van der Waals surface area (Å²) in [6.45, 7) is 14.9. The van der Waals surface area contributed by atoms with E-state index >= 15 is 0 Å². The van der Waals surface area contributed by atoms with Gasteiger partial charge in [-0.25, -0.2) is 0 Å². The molecule has 0 heterocycles. The van der Waals surface area contributed by atoms with Gasteiger partial charge in [-0.2, -0.15) is 0 Å². The Hall–Kier alpha value is -4.44. The fourth-order valence-corrected chi connectivity index (χ4v) is 14.6. The fourth-order valence-electron chi connectivity index (χ4n) is 7.96. The molecular formula is C39H52O9Si. The zero-order chi connectivity index (χ0) is 36.5. The van der Waals surface area contributed by atoms with Gasteiger partial charge in [-0.15, -0.1) is 0 Å². The molecule has 266 valence electrons. The molecule has 0 atom stereocenters. The molecular weight excluding hydrogens is 641 g/mol. The standard InChI is InChI=1S/C39H52O9Si/c1-20-17-27(33(43-11)36(46-14)30(20)40-8)49(39-25(6)23(4)24(5)26(39)7,28-18-21(2)31(41-9)37(47-15)34(28)44-12)29-19-22(3)32(42-10)38(48-16)35(29)45-13/h17-19,39H,1-16H3. The van der Waals surface area contributed by atoms with Crippen molar-refractivity contribution in [3.05, 3.63) is 57.2 Å². The van der Waals surface area contributed by atoms with Crippen LogP contribution in [0.4, 0.5) is 0 Å².